The van der Waals surface area contributed by atoms with Crippen molar-refractivity contribution in [2.75, 3.05) is 13.2 Å². The molecule has 2 aromatic heterocycles. The number of benzene rings is 1. The van der Waals surface area contributed by atoms with E-state index in [0.29, 0.717) is 24.1 Å². The number of hydrogen-bond donors (Lipinski definition) is 1. The first-order valence-electron chi connectivity index (χ1n) is 7.48. The maximum absolute atomic E-state index is 12.3. The van der Waals surface area contributed by atoms with Gasteiger partial charge in [0, 0.05) is 6.20 Å². The summed E-state index contributed by atoms with van der Waals surface area (Å²) in [7, 11) is 0. The van der Waals surface area contributed by atoms with E-state index in [9.17, 15) is 9.59 Å². The van der Waals surface area contributed by atoms with Gasteiger partial charge in [-0.05, 0) is 18.2 Å². The van der Waals surface area contributed by atoms with Gasteiger partial charge >= 0.3 is 0 Å². The number of hydrogen-bond acceptors (Lipinski definition) is 5. The van der Waals surface area contributed by atoms with Crippen molar-refractivity contribution in [3.8, 4) is 5.75 Å². The Labute approximate surface area is 137 Å². The topological polar surface area (TPSA) is 86.1 Å². The largest absolute Gasteiger partial charge is 0.492 e. The summed E-state index contributed by atoms with van der Waals surface area (Å²) in [5, 5.41) is 3.15. The Kier molecular flexibility index (Phi) is 4.81. The Bertz CT molecular complexity index is 893. The standard InChI is InChI=1S/C17H16N4O3/c22-16(19-8-9-24-13-4-2-1-3-5-13)11-21-12-20-15-10-18-7-6-14(15)17(21)23/h1-7,10,12H,8-9,11H2,(H,19,22). The van der Waals surface area contributed by atoms with Gasteiger partial charge in [0.25, 0.3) is 5.56 Å². The molecule has 0 saturated carbocycles. The van der Waals surface area contributed by atoms with Crippen LogP contribution in [-0.2, 0) is 11.3 Å². The van der Waals surface area contributed by atoms with E-state index in [0.717, 1.165) is 5.75 Å². The minimum absolute atomic E-state index is 0.0879. The van der Waals surface area contributed by atoms with Crippen molar-refractivity contribution < 1.29 is 9.53 Å². The number of carbonyl (C=O) groups is 1. The van der Waals surface area contributed by atoms with E-state index in [1.807, 2.05) is 30.3 Å². The third-order valence-electron chi connectivity index (χ3n) is 3.38. The first-order valence-corrected chi connectivity index (χ1v) is 7.48. The van der Waals surface area contributed by atoms with Crippen LogP contribution in [0.5, 0.6) is 5.75 Å². The second-order valence-corrected chi connectivity index (χ2v) is 5.08. The lowest BCUT2D eigenvalue weighted by atomic mass is 10.3. The summed E-state index contributed by atoms with van der Waals surface area (Å²) in [5.74, 6) is 0.472. The molecule has 7 nitrogen and oxygen atoms in total. The predicted molar refractivity (Wildman–Crippen MR) is 88.7 cm³/mol. The van der Waals surface area contributed by atoms with Crippen molar-refractivity contribution in [2.45, 2.75) is 6.54 Å². The number of aromatic nitrogens is 3. The molecular formula is C17H16N4O3. The van der Waals surface area contributed by atoms with Gasteiger partial charge in [0.2, 0.25) is 5.91 Å². The zero-order valence-corrected chi connectivity index (χ0v) is 12.9. The summed E-state index contributed by atoms with van der Waals surface area (Å²) < 4.78 is 6.76. The van der Waals surface area contributed by atoms with Crippen LogP contribution in [0.3, 0.4) is 0 Å². The third-order valence-corrected chi connectivity index (χ3v) is 3.38. The van der Waals surface area contributed by atoms with Crippen LogP contribution < -0.4 is 15.6 Å². The van der Waals surface area contributed by atoms with Crippen LogP contribution in [-0.4, -0.2) is 33.6 Å². The van der Waals surface area contributed by atoms with Crippen LogP contribution in [0.1, 0.15) is 0 Å². The van der Waals surface area contributed by atoms with Gasteiger partial charge in [0.15, 0.2) is 0 Å². The summed E-state index contributed by atoms with van der Waals surface area (Å²) in [6.07, 6.45) is 4.39. The van der Waals surface area contributed by atoms with Gasteiger partial charge in [-0.15, -0.1) is 0 Å². The summed E-state index contributed by atoms with van der Waals surface area (Å²) >= 11 is 0. The van der Waals surface area contributed by atoms with E-state index in [1.54, 1.807) is 6.07 Å². The van der Waals surface area contributed by atoms with Crippen molar-refractivity contribution in [1.29, 1.82) is 0 Å². The lowest BCUT2D eigenvalue weighted by Crippen LogP contribution is -2.34. The highest BCUT2D eigenvalue weighted by atomic mass is 16.5. The van der Waals surface area contributed by atoms with Gasteiger partial charge < -0.3 is 10.1 Å². The molecule has 122 valence electrons. The zero-order chi connectivity index (χ0) is 16.8. The zero-order valence-electron chi connectivity index (χ0n) is 12.9. The molecule has 0 aliphatic heterocycles. The molecule has 0 unspecified atom stereocenters. The van der Waals surface area contributed by atoms with Gasteiger partial charge in [-0.3, -0.25) is 19.1 Å². The number of rotatable bonds is 6. The van der Waals surface area contributed by atoms with Crippen molar-refractivity contribution >= 4 is 16.8 Å². The molecule has 0 aliphatic rings. The molecule has 3 rings (SSSR count). The fraction of sp³-hybridized carbons (Fsp3) is 0.176. The van der Waals surface area contributed by atoms with Gasteiger partial charge in [-0.25, -0.2) is 4.98 Å². The molecule has 7 heteroatoms. The fourth-order valence-electron chi connectivity index (χ4n) is 2.21. The van der Waals surface area contributed by atoms with Crippen molar-refractivity contribution in [3.63, 3.8) is 0 Å². The maximum atomic E-state index is 12.3. The van der Waals surface area contributed by atoms with E-state index >= 15 is 0 Å². The first-order chi connectivity index (χ1) is 11.7. The van der Waals surface area contributed by atoms with Crippen LogP contribution in [0, 0.1) is 0 Å². The molecule has 0 saturated heterocycles. The molecule has 1 aromatic carbocycles. The molecule has 0 fully saturated rings. The molecule has 0 spiro atoms. The number of amides is 1. The quantitative estimate of drug-likeness (QED) is 0.683. The SMILES string of the molecule is O=C(Cn1cnc2cnccc2c1=O)NCCOc1ccccc1. The number of nitrogens with zero attached hydrogens (tertiary/aromatic N) is 3. The van der Waals surface area contributed by atoms with E-state index < -0.39 is 0 Å². The number of para-hydroxylation sites is 1. The molecule has 0 radical (unpaired) electrons. The highest BCUT2D eigenvalue weighted by Gasteiger charge is 2.07. The van der Waals surface area contributed by atoms with Crippen molar-refractivity contribution in [3.05, 3.63) is 65.5 Å². The number of fused-ring (bicyclic) bond motifs is 1. The molecule has 2 heterocycles. The van der Waals surface area contributed by atoms with E-state index in [2.05, 4.69) is 15.3 Å². The lowest BCUT2D eigenvalue weighted by Gasteiger charge is -2.09. The number of ether oxygens (including phenoxy) is 1. The summed E-state index contributed by atoms with van der Waals surface area (Å²) in [5.41, 5.74) is 0.244. The normalized spacial score (nSPS) is 10.5. The monoisotopic (exact) mass is 324 g/mol. The molecular weight excluding hydrogens is 308 g/mol. The van der Waals surface area contributed by atoms with E-state index in [1.165, 1.54) is 23.3 Å². The van der Waals surface area contributed by atoms with E-state index in [-0.39, 0.29) is 18.0 Å². The Morgan fingerprint density at radius 3 is 2.88 bits per heavy atom. The summed E-state index contributed by atoms with van der Waals surface area (Å²) in [4.78, 5) is 32.3. The molecule has 0 aliphatic carbocycles. The van der Waals surface area contributed by atoms with Gasteiger partial charge in [0.05, 0.1) is 30.0 Å². The third kappa shape index (κ3) is 3.75. The Morgan fingerprint density at radius 2 is 2.04 bits per heavy atom. The van der Waals surface area contributed by atoms with Crippen molar-refractivity contribution in [2.24, 2.45) is 0 Å². The smallest absolute Gasteiger partial charge is 0.261 e. The van der Waals surface area contributed by atoms with Crippen LogP contribution in [0.2, 0.25) is 0 Å². The highest BCUT2D eigenvalue weighted by Crippen LogP contribution is 2.07. The Balaban J connectivity index is 1.53. The van der Waals surface area contributed by atoms with Crippen LogP contribution in [0.15, 0.2) is 59.9 Å². The number of carbonyl (C=O) groups excluding carboxylic acids is 1. The van der Waals surface area contributed by atoms with Gasteiger partial charge in [0.1, 0.15) is 18.9 Å². The van der Waals surface area contributed by atoms with Crippen LogP contribution >= 0.6 is 0 Å². The van der Waals surface area contributed by atoms with Gasteiger partial charge in [-0.1, -0.05) is 18.2 Å². The highest BCUT2D eigenvalue weighted by molar-refractivity contribution is 5.78. The first kappa shape index (κ1) is 15.7. The van der Waals surface area contributed by atoms with Crippen LogP contribution in [0.4, 0.5) is 0 Å². The fourth-order valence-corrected chi connectivity index (χ4v) is 2.21. The number of nitrogens with one attached hydrogen (secondary N) is 1. The maximum Gasteiger partial charge on any atom is 0.261 e. The summed E-state index contributed by atoms with van der Waals surface area (Å²) in [6.45, 7) is 0.620. The Hall–Kier alpha value is -3.22. The molecule has 3 aromatic rings. The lowest BCUT2D eigenvalue weighted by molar-refractivity contribution is -0.121. The molecule has 0 atom stereocenters. The minimum Gasteiger partial charge on any atom is -0.492 e. The van der Waals surface area contributed by atoms with E-state index in [4.69, 9.17) is 4.74 Å². The molecule has 1 amide bonds. The van der Waals surface area contributed by atoms with Crippen molar-refractivity contribution in [1.82, 2.24) is 19.9 Å². The number of pyridine rings is 1. The van der Waals surface area contributed by atoms with Crippen LogP contribution in [0.25, 0.3) is 10.9 Å². The molecule has 1 N–H and O–H groups in total. The minimum atomic E-state index is -0.274. The Morgan fingerprint density at radius 1 is 1.21 bits per heavy atom. The molecule has 24 heavy (non-hydrogen) atoms. The summed E-state index contributed by atoms with van der Waals surface area (Å²) in [6, 6.07) is 10.9. The second-order valence-electron chi connectivity index (χ2n) is 5.08. The average Bonchev–Trinajstić information content (AvgIpc) is 2.62. The predicted octanol–water partition coefficient (Wildman–Crippen LogP) is 0.987. The average molecular weight is 324 g/mol. The van der Waals surface area contributed by atoms with Gasteiger partial charge in [-0.2, -0.15) is 0 Å². The second kappa shape index (κ2) is 7.36. The molecule has 0 bridgehead atoms.